The van der Waals surface area contributed by atoms with Crippen LogP contribution in [0.4, 0.5) is 0 Å². The van der Waals surface area contributed by atoms with E-state index in [0.29, 0.717) is 17.4 Å². The highest BCUT2D eigenvalue weighted by molar-refractivity contribution is 5.41. The lowest BCUT2D eigenvalue weighted by atomic mass is 10.00. The van der Waals surface area contributed by atoms with Gasteiger partial charge in [0, 0.05) is 19.2 Å². The Kier molecular flexibility index (Phi) is 2.87. The highest BCUT2D eigenvalue weighted by Gasteiger charge is 2.34. The van der Waals surface area contributed by atoms with E-state index < -0.39 is 0 Å². The molecule has 0 atom stereocenters. The summed E-state index contributed by atoms with van der Waals surface area (Å²) in [4.78, 5) is 4.06. The van der Waals surface area contributed by atoms with Crippen LogP contribution < -0.4 is 19.5 Å². The van der Waals surface area contributed by atoms with Gasteiger partial charge in [0.15, 0.2) is 11.5 Å². The van der Waals surface area contributed by atoms with Crippen LogP contribution in [-0.2, 0) is 0 Å². The molecule has 88 valence electrons. The van der Waals surface area contributed by atoms with Gasteiger partial charge in [0.25, 0.3) is 0 Å². The molecule has 1 aliphatic rings. The molecule has 0 saturated carbocycles. The molecule has 0 bridgehead atoms. The molecule has 1 aromatic rings. The molecule has 0 radical (unpaired) electrons. The molecule has 0 aliphatic carbocycles. The highest BCUT2D eigenvalue weighted by Crippen LogP contribution is 2.33. The first-order valence-corrected chi connectivity index (χ1v) is 5.15. The van der Waals surface area contributed by atoms with E-state index in [1.165, 1.54) is 0 Å². The third kappa shape index (κ3) is 2.04. The fourth-order valence-electron chi connectivity index (χ4n) is 1.57. The molecule has 16 heavy (non-hydrogen) atoms. The summed E-state index contributed by atoms with van der Waals surface area (Å²) in [5.41, 5.74) is -0.167. The van der Waals surface area contributed by atoms with Crippen LogP contribution in [0.25, 0.3) is 0 Å². The molecule has 5 heteroatoms. The Labute approximate surface area is 94.7 Å². The smallest absolute Gasteiger partial charge is 0.216 e. The molecule has 2 rings (SSSR count). The van der Waals surface area contributed by atoms with Crippen molar-refractivity contribution in [3.8, 4) is 17.4 Å². The van der Waals surface area contributed by atoms with E-state index in [-0.39, 0.29) is 5.60 Å². The Morgan fingerprint density at radius 1 is 1.25 bits per heavy atom. The normalized spacial score (nSPS) is 17.4. The molecular formula is C11H16N2O3. The predicted molar refractivity (Wildman–Crippen MR) is 59.2 cm³/mol. The molecule has 0 amide bonds. The summed E-state index contributed by atoms with van der Waals surface area (Å²) in [6.45, 7) is 3.72. The van der Waals surface area contributed by atoms with Crippen LogP contribution in [0.2, 0.25) is 0 Å². The summed E-state index contributed by atoms with van der Waals surface area (Å²) in [6.07, 6.45) is 1.60. The van der Waals surface area contributed by atoms with Crippen LogP contribution in [0, 0.1) is 0 Å². The minimum absolute atomic E-state index is 0.167. The lowest BCUT2D eigenvalue weighted by Gasteiger charge is -2.39. The molecule has 0 spiro atoms. The van der Waals surface area contributed by atoms with Crippen molar-refractivity contribution in [2.24, 2.45) is 0 Å². The maximum Gasteiger partial charge on any atom is 0.216 e. The number of methoxy groups -OCH3 is 2. The lowest BCUT2D eigenvalue weighted by Crippen LogP contribution is -2.61. The number of pyridine rings is 1. The van der Waals surface area contributed by atoms with Crippen molar-refractivity contribution in [1.29, 1.82) is 0 Å². The van der Waals surface area contributed by atoms with Crippen molar-refractivity contribution < 1.29 is 14.2 Å². The quantitative estimate of drug-likeness (QED) is 0.821. The number of hydrogen-bond acceptors (Lipinski definition) is 5. The summed E-state index contributed by atoms with van der Waals surface area (Å²) < 4.78 is 16.1. The van der Waals surface area contributed by atoms with Crippen LogP contribution >= 0.6 is 0 Å². The Hall–Kier alpha value is -1.49. The van der Waals surface area contributed by atoms with Crippen LogP contribution in [-0.4, -0.2) is 37.9 Å². The molecule has 1 aliphatic heterocycles. The van der Waals surface area contributed by atoms with Crippen molar-refractivity contribution in [3.63, 3.8) is 0 Å². The highest BCUT2D eigenvalue weighted by atomic mass is 16.5. The topological polar surface area (TPSA) is 52.6 Å². The molecule has 2 heterocycles. The predicted octanol–water partition coefficient (Wildman–Crippen LogP) is 0.839. The minimum Gasteiger partial charge on any atom is -0.491 e. The summed E-state index contributed by atoms with van der Waals surface area (Å²) in [7, 11) is 3.17. The van der Waals surface area contributed by atoms with Crippen molar-refractivity contribution >= 4 is 0 Å². The molecule has 5 nitrogen and oxygen atoms in total. The first kappa shape index (κ1) is 11.0. The zero-order valence-electron chi connectivity index (χ0n) is 9.74. The van der Waals surface area contributed by atoms with E-state index in [0.717, 1.165) is 13.1 Å². The number of rotatable bonds is 4. The molecule has 1 saturated heterocycles. The Morgan fingerprint density at radius 3 is 2.50 bits per heavy atom. The minimum atomic E-state index is -0.167. The summed E-state index contributed by atoms with van der Waals surface area (Å²) in [5, 5.41) is 3.18. The van der Waals surface area contributed by atoms with E-state index in [9.17, 15) is 0 Å². The van der Waals surface area contributed by atoms with Crippen LogP contribution in [0.15, 0.2) is 12.3 Å². The van der Waals surface area contributed by atoms with Gasteiger partial charge in [-0.2, -0.15) is 0 Å². The molecule has 1 aromatic heterocycles. The van der Waals surface area contributed by atoms with Gasteiger partial charge in [-0.3, -0.25) is 0 Å². The second-order valence-electron chi connectivity index (χ2n) is 4.03. The van der Waals surface area contributed by atoms with Gasteiger partial charge in [-0.15, -0.1) is 0 Å². The second-order valence-corrected chi connectivity index (χ2v) is 4.03. The number of ether oxygens (including phenoxy) is 3. The van der Waals surface area contributed by atoms with Gasteiger partial charge in [-0.05, 0) is 6.92 Å². The third-order valence-corrected chi connectivity index (χ3v) is 2.59. The summed E-state index contributed by atoms with van der Waals surface area (Å²) in [5.74, 6) is 1.80. The second kappa shape index (κ2) is 4.17. The van der Waals surface area contributed by atoms with Crippen LogP contribution in [0.5, 0.6) is 17.4 Å². The van der Waals surface area contributed by atoms with Crippen molar-refractivity contribution in [1.82, 2.24) is 10.3 Å². The van der Waals surface area contributed by atoms with Gasteiger partial charge in [0.2, 0.25) is 5.88 Å². The largest absolute Gasteiger partial charge is 0.491 e. The van der Waals surface area contributed by atoms with Gasteiger partial charge in [0.1, 0.15) is 5.60 Å². The van der Waals surface area contributed by atoms with E-state index >= 15 is 0 Å². The maximum absolute atomic E-state index is 5.89. The molecule has 0 aromatic carbocycles. The summed E-state index contributed by atoms with van der Waals surface area (Å²) >= 11 is 0. The maximum atomic E-state index is 5.89. The monoisotopic (exact) mass is 224 g/mol. The van der Waals surface area contributed by atoms with E-state index in [1.54, 1.807) is 26.5 Å². The van der Waals surface area contributed by atoms with Gasteiger partial charge in [-0.25, -0.2) is 4.98 Å². The number of hydrogen-bond donors (Lipinski definition) is 1. The first-order valence-electron chi connectivity index (χ1n) is 5.15. The Bertz CT molecular complexity index is 377. The first-order chi connectivity index (χ1) is 7.67. The van der Waals surface area contributed by atoms with Crippen molar-refractivity contribution in [3.05, 3.63) is 12.3 Å². The summed E-state index contributed by atoms with van der Waals surface area (Å²) in [6, 6.07) is 1.74. The van der Waals surface area contributed by atoms with E-state index in [2.05, 4.69) is 17.2 Å². The molecule has 1 N–H and O–H groups in total. The standard InChI is InChI=1S/C11H16N2O3/c1-11(6-12-7-11)16-8-4-10(15-3)13-5-9(8)14-2/h4-5,12H,6-7H2,1-3H3. The number of nitrogens with one attached hydrogen (secondary N) is 1. The molecule has 1 fully saturated rings. The number of aromatic nitrogens is 1. The molecular weight excluding hydrogens is 208 g/mol. The number of nitrogens with zero attached hydrogens (tertiary/aromatic N) is 1. The third-order valence-electron chi connectivity index (χ3n) is 2.59. The van der Waals surface area contributed by atoms with Gasteiger partial charge in [0.05, 0.1) is 20.4 Å². The zero-order valence-corrected chi connectivity index (χ0v) is 9.74. The van der Waals surface area contributed by atoms with Gasteiger partial charge in [-0.1, -0.05) is 0 Å². The lowest BCUT2D eigenvalue weighted by molar-refractivity contribution is 0.0320. The van der Waals surface area contributed by atoms with Gasteiger partial charge >= 0.3 is 0 Å². The fourth-order valence-corrected chi connectivity index (χ4v) is 1.57. The average molecular weight is 224 g/mol. The van der Waals surface area contributed by atoms with Crippen LogP contribution in [0.1, 0.15) is 6.92 Å². The van der Waals surface area contributed by atoms with Crippen molar-refractivity contribution in [2.45, 2.75) is 12.5 Å². The fraction of sp³-hybridized carbons (Fsp3) is 0.545. The Balaban J connectivity index is 2.22. The average Bonchev–Trinajstić information content (AvgIpc) is 2.27. The van der Waals surface area contributed by atoms with E-state index in [4.69, 9.17) is 14.2 Å². The van der Waals surface area contributed by atoms with Crippen LogP contribution in [0.3, 0.4) is 0 Å². The Morgan fingerprint density at radius 2 is 2.00 bits per heavy atom. The van der Waals surface area contributed by atoms with Gasteiger partial charge < -0.3 is 19.5 Å². The van der Waals surface area contributed by atoms with Crippen molar-refractivity contribution in [2.75, 3.05) is 27.3 Å². The molecule has 0 unspecified atom stereocenters. The zero-order chi connectivity index (χ0) is 11.6. The SMILES string of the molecule is COc1cc(OC2(C)CNC2)c(OC)cn1. The van der Waals surface area contributed by atoms with E-state index in [1.807, 2.05) is 0 Å².